The molecule has 5 aromatic rings. The molecule has 0 saturated carbocycles. The summed E-state index contributed by atoms with van der Waals surface area (Å²) in [6.45, 7) is 2.33. The number of aromatic amines is 1. The van der Waals surface area contributed by atoms with E-state index in [1.807, 2.05) is 78.2 Å². The highest BCUT2D eigenvalue weighted by atomic mass is 35.5. The summed E-state index contributed by atoms with van der Waals surface area (Å²) < 4.78 is 13.5. The molecule has 6 nitrogen and oxygen atoms in total. The predicted octanol–water partition coefficient (Wildman–Crippen LogP) is 6.19. The van der Waals surface area contributed by atoms with Gasteiger partial charge in [0.15, 0.2) is 23.0 Å². The second-order valence-corrected chi connectivity index (χ2v) is 7.80. The molecule has 0 spiro atoms. The zero-order valence-electron chi connectivity index (χ0n) is 17.8. The van der Waals surface area contributed by atoms with Gasteiger partial charge in [0, 0.05) is 22.2 Å². The van der Waals surface area contributed by atoms with Gasteiger partial charge in [-0.3, -0.25) is 4.98 Å². The molecule has 0 aliphatic rings. The van der Waals surface area contributed by atoms with Gasteiger partial charge in [-0.1, -0.05) is 17.7 Å². The minimum Gasteiger partial charge on any atom is -0.504 e. The van der Waals surface area contributed by atoms with Gasteiger partial charge in [0.2, 0.25) is 5.65 Å². The number of aromatic nitrogens is 2. The number of phenols is 1. The Morgan fingerprint density at radius 1 is 1.06 bits per heavy atom. The number of hydrogen-bond acceptors (Lipinski definition) is 4. The van der Waals surface area contributed by atoms with Crippen LogP contribution in [0.25, 0.3) is 28.2 Å². The maximum atomic E-state index is 10.1. The standard InChI is InChI=1S/C26H20ClN3O3/c1-2-32-23-15-18(8-12-21(23)31)25-26(30-14-4-3-5-24(30)29-25)28-16-20-11-13-22(33-20)17-6-9-19(27)10-7-17/h3-16,31H,2H2,1H3/p+1. The molecule has 2 N–H and O–H groups in total. The van der Waals surface area contributed by atoms with Crippen LogP contribution in [-0.2, 0) is 0 Å². The third kappa shape index (κ3) is 4.21. The predicted molar refractivity (Wildman–Crippen MR) is 129 cm³/mol. The topological polar surface area (TPSA) is 74.8 Å². The average molecular weight is 459 g/mol. The molecule has 0 amide bonds. The van der Waals surface area contributed by atoms with Gasteiger partial charge in [0.25, 0.3) is 0 Å². The number of rotatable bonds is 6. The quantitative estimate of drug-likeness (QED) is 0.235. The highest BCUT2D eigenvalue weighted by Crippen LogP contribution is 2.34. The highest BCUT2D eigenvalue weighted by Gasteiger charge is 2.21. The number of ether oxygens (including phenoxy) is 1. The van der Waals surface area contributed by atoms with E-state index in [2.05, 4.69) is 4.98 Å². The number of halogens is 1. The van der Waals surface area contributed by atoms with Crippen molar-refractivity contribution >= 4 is 29.3 Å². The molecule has 0 saturated heterocycles. The van der Waals surface area contributed by atoms with Crippen LogP contribution in [0.5, 0.6) is 11.5 Å². The number of benzene rings is 2. The maximum Gasteiger partial charge on any atom is 0.307 e. The molecule has 7 heteroatoms. The normalized spacial score (nSPS) is 11.5. The van der Waals surface area contributed by atoms with Gasteiger partial charge in [-0.05, 0) is 67.6 Å². The first-order chi connectivity index (χ1) is 16.1. The Hall–Kier alpha value is -4.03. The monoisotopic (exact) mass is 458 g/mol. The number of furan rings is 1. The molecular formula is C26H21ClN3O3+. The molecular weight excluding hydrogens is 438 g/mol. The second-order valence-electron chi connectivity index (χ2n) is 7.36. The van der Waals surface area contributed by atoms with Gasteiger partial charge in [0.1, 0.15) is 12.0 Å². The van der Waals surface area contributed by atoms with Gasteiger partial charge in [0.05, 0.1) is 12.8 Å². The summed E-state index contributed by atoms with van der Waals surface area (Å²) in [5, 5.41) is 10.8. The van der Waals surface area contributed by atoms with E-state index in [-0.39, 0.29) is 5.75 Å². The van der Waals surface area contributed by atoms with Crippen molar-refractivity contribution in [3.63, 3.8) is 0 Å². The molecule has 0 aliphatic heterocycles. The van der Waals surface area contributed by atoms with Gasteiger partial charge >= 0.3 is 5.82 Å². The van der Waals surface area contributed by atoms with Crippen molar-refractivity contribution in [2.45, 2.75) is 6.92 Å². The van der Waals surface area contributed by atoms with Crippen molar-refractivity contribution in [3.05, 3.63) is 89.8 Å². The lowest BCUT2D eigenvalue weighted by atomic mass is 10.1. The van der Waals surface area contributed by atoms with E-state index in [9.17, 15) is 5.11 Å². The Bertz CT molecular complexity index is 1450. The Morgan fingerprint density at radius 3 is 2.70 bits per heavy atom. The number of pyridine rings is 1. The summed E-state index contributed by atoms with van der Waals surface area (Å²) in [6.07, 6.45) is 3.63. The van der Waals surface area contributed by atoms with E-state index in [0.29, 0.717) is 29.0 Å². The van der Waals surface area contributed by atoms with Crippen LogP contribution < -0.4 is 9.14 Å². The lowest BCUT2D eigenvalue weighted by molar-refractivity contribution is -0.495. The van der Waals surface area contributed by atoms with Crippen LogP contribution in [-0.4, -0.2) is 22.9 Å². The van der Waals surface area contributed by atoms with Gasteiger partial charge in [-0.2, -0.15) is 4.40 Å². The van der Waals surface area contributed by atoms with Gasteiger partial charge < -0.3 is 14.3 Å². The van der Waals surface area contributed by atoms with E-state index in [1.165, 1.54) is 0 Å². The summed E-state index contributed by atoms with van der Waals surface area (Å²) in [5.41, 5.74) is 3.46. The summed E-state index contributed by atoms with van der Waals surface area (Å²) >= 11 is 5.98. The molecule has 3 heterocycles. The summed E-state index contributed by atoms with van der Waals surface area (Å²) in [6, 6.07) is 22.4. The van der Waals surface area contributed by atoms with Crippen molar-refractivity contribution in [2.24, 2.45) is 4.99 Å². The number of H-pyrrole nitrogens is 1. The van der Waals surface area contributed by atoms with Crippen molar-refractivity contribution in [2.75, 3.05) is 6.61 Å². The minimum absolute atomic E-state index is 0.0970. The molecule has 0 atom stereocenters. The molecule has 0 bridgehead atoms. The number of fused-ring (bicyclic) bond motifs is 1. The summed E-state index contributed by atoms with van der Waals surface area (Å²) in [5.74, 6) is 2.58. The highest BCUT2D eigenvalue weighted by molar-refractivity contribution is 6.30. The minimum atomic E-state index is 0.0970. The third-order valence-electron chi connectivity index (χ3n) is 5.18. The number of nitrogens with one attached hydrogen (secondary N) is 1. The number of aromatic hydroxyl groups is 1. The van der Waals surface area contributed by atoms with Crippen LogP contribution >= 0.6 is 11.6 Å². The first-order valence-corrected chi connectivity index (χ1v) is 10.9. The number of hydrogen-bond donors (Lipinski definition) is 2. The number of nitrogens with zero attached hydrogens (tertiary/aromatic N) is 2. The number of aliphatic imine (C=N–C) groups is 1. The fourth-order valence-electron chi connectivity index (χ4n) is 3.62. The van der Waals surface area contributed by atoms with Gasteiger partial charge in [-0.15, -0.1) is 4.99 Å². The van der Waals surface area contributed by atoms with Crippen LogP contribution in [0.2, 0.25) is 5.02 Å². The van der Waals surface area contributed by atoms with Crippen molar-refractivity contribution in [1.82, 2.24) is 4.98 Å². The third-order valence-corrected chi connectivity index (χ3v) is 5.43. The van der Waals surface area contributed by atoms with E-state index < -0.39 is 0 Å². The fourth-order valence-corrected chi connectivity index (χ4v) is 3.75. The Labute approximate surface area is 195 Å². The van der Waals surface area contributed by atoms with Crippen LogP contribution in [0.3, 0.4) is 0 Å². The maximum absolute atomic E-state index is 10.1. The van der Waals surface area contributed by atoms with Crippen molar-refractivity contribution < 1.29 is 18.7 Å². The van der Waals surface area contributed by atoms with Crippen molar-refractivity contribution in [1.29, 1.82) is 0 Å². The van der Waals surface area contributed by atoms with Crippen LogP contribution in [0, 0.1) is 0 Å². The average Bonchev–Trinajstić information content (AvgIpc) is 3.45. The zero-order chi connectivity index (χ0) is 22.8. The SMILES string of the molecule is CCOc1cc(-c2[nH]c3cccc[n+]3c2N=Cc2ccc(-c3ccc(Cl)cc3)o2)ccc1O. The van der Waals surface area contributed by atoms with Crippen molar-refractivity contribution in [3.8, 4) is 34.1 Å². The van der Waals surface area contributed by atoms with E-state index in [4.69, 9.17) is 25.7 Å². The molecule has 164 valence electrons. The lowest BCUT2D eigenvalue weighted by Crippen LogP contribution is -2.17. The Balaban J connectivity index is 1.54. The van der Waals surface area contributed by atoms with Gasteiger partial charge in [-0.25, -0.2) is 0 Å². The Kier molecular flexibility index (Phi) is 5.59. The first-order valence-electron chi connectivity index (χ1n) is 10.5. The van der Waals surface area contributed by atoms with E-state index in [1.54, 1.807) is 18.3 Å². The molecule has 0 aliphatic carbocycles. The largest absolute Gasteiger partial charge is 0.504 e. The summed E-state index contributed by atoms with van der Waals surface area (Å²) in [4.78, 5) is 8.16. The Morgan fingerprint density at radius 2 is 1.88 bits per heavy atom. The molecule has 0 unspecified atom stereocenters. The zero-order valence-corrected chi connectivity index (χ0v) is 18.6. The van der Waals surface area contributed by atoms with E-state index in [0.717, 1.165) is 28.2 Å². The second kappa shape index (κ2) is 8.84. The molecule has 33 heavy (non-hydrogen) atoms. The van der Waals surface area contributed by atoms with Crippen LogP contribution in [0.1, 0.15) is 12.7 Å². The number of phenolic OH excluding ortho intramolecular Hbond substituents is 1. The molecule has 5 rings (SSSR count). The lowest BCUT2D eigenvalue weighted by Gasteiger charge is -2.06. The molecule has 0 radical (unpaired) electrons. The molecule has 2 aromatic carbocycles. The fraction of sp³-hybridized carbons (Fsp3) is 0.0769. The van der Waals surface area contributed by atoms with E-state index >= 15 is 0 Å². The number of imidazole rings is 1. The smallest absolute Gasteiger partial charge is 0.307 e. The van der Waals surface area contributed by atoms with Crippen LogP contribution in [0.4, 0.5) is 5.82 Å². The summed E-state index contributed by atoms with van der Waals surface area (Å²) in [7, 11) is 0. The first kappa shape index (κ1) is 20.8. The molecule has 0 fully saturated rings. The molecule has 3 aromatic heterocycles. The van der Waals surface area contributed by atoms with Crippen LogP contribution in [0.15, 0.2) is 88.4 Å².